The van der Waals surface area contributed by atoms with E-state index in [1.165, 1.54) is 0 Å². The van der Waals surface area contributed by atoms with Crippen molar-refractivity contribution in [2.24, 2.45) is 5.41 Å². The van der Waals surface area contributed by atoms with Gasteiger partial charge in [-0.05, 0) is 30.4 Å². The van der Waals surface area contributed by atoms with Gasteiger partial charge >= 0.3 is 0 Å². The molecule has 1 saturated heterocycles. The molecular formula is C14H20N2O2. The minimum Gasteiger partial charge on any atom is -0.381 e. The number of rotatable bonds is 3. The quantitative estimate of drug-likeness (QED) is 0.821. The number of aromatic nitrogens is 1. The maximum atomic E-state index is 12.2. The minimum absolute atomic E-state index is 0.0378. The number of pyridine rings is 1. The molecule has 4 nitrogen and oxygen atoms in total. The van der Waals surface area contributed by atoms with Gasteiger partial charge in [0.25, 0.3) is 5.91 Å². The molecule has 2 rings (SSSR count). The lowest BCUT2D eigenvalue weighted by Gasteiger charge is -2.36. The molecule has 0 spiro atoms. The molecule has 4 heteroatoms. The third-order valence-electron chi connectivity index (χ3n) is 3.57. The zero-order valence-electron chi connectivity index (χ0n) is 11.1. The molecule has 0 bridgehead atoms. The number of carbonyl (C=O) groups excluding carboxylic acids is 1. The monoisotopic (exact) mass is 248 g/mol. The molecule has 1 aliphatic heterocycles. The van der Waals surface area contributed by atoms with Gasteiger partial charge in [-0.2, -0.15) is 0 Å². The highest BCUT2D eigenvalue weighted by atomic mass is 16.5. The first-order valence-corrected chi connectivity index (χ1v) is 6.34. The third-order valence-corrected chi connectivity index (χ3v) is 3.57. The Bertz CT molecular complexity index is 400. The van der Waals surface area contributed by atoms with Crippen molar-refractivity contribution >= 4 is 5.91 Å². The number of ether oxygens (including phenoxy) is 1. The Morgan fingerprint density at radius 3 is 2.83 bits per heavy atom. The predicted octanol–water partition coefficient (Wildman–Crippen LogP) is 1.97. The number of nitrogens with zero attached hydrogens (tertiary/aromatic N) is 2. The molecule has 0 aromatic carbocycles. The summed E-state index contributed by atoms with van der Waals surface area (Å²) in [6, 6.07) is 3.59. The van der Waals surface area contributed by atoms with E-state index in [0.29, 0.717) is 5.56 Å². The van der Waals surface area contributed by atoms with Crippen molar-refractivity contribution in [3.8, 4) is 0 Å². The average Bonchev–Trinajstić information content (AvgIpc) is 2.39. The van der Waals surface area contributed by atoms with E-state index in [1.807, 2.05) is 7.05 Å². The summed E-state index contributed by atoms with van der Waals surface area (Å²) in [5.74, 6) is 0.0378. The van der Waals surface area contributed by atoms with Crippen LogP contribution < -0.4 is 0 Å². The second-order valence-electron chi connectivity index (χ2n) is 5.33. The van der Waals surface area contributed by atoms with Gasteiger partial charge in [-0.1, -0.05) is 6.92 Å². The molecule has 0 radical (unpaired) electrons. The molecule has 2 heterocycles. The Morgan fingerprint density at radius 2 is 2.22 bits per heavy atom. The van der Waals surface area contributed by atoms with Crippen LogP contribution in [0, 0.1) is 5.41 Å². The van der Waals surface area contributed by atoms with Crippen LogP contribution in [0.4, 0.5) is 0 Å². The largest absolute Gasteiger partial charge is 0.381 e. The first-order chi connectivity index (χ1) is 8.61. The smallest absolute Gasteiger partial charge is 0.255 e. The molecule has 1 aliphatic rings. The maximum Gasteiger partial charge on any atom is 0.255 e. The van der Waals surface area contributed by atoms with Crippen LogP contribution in [0.2, 0.25) is 0 Å². The van der Waals surface area contributed by atoms with Crippen molar-refractivity contribution in [2.45, 2.75) is 19.8 Å². The van der Waals surface area contributed by atoms with E-state index in [9.17, 15) is 4.79 Å². The second-order valence-corrected chi connectivity index (χ2v) is 5.33. The maximum absolute atomic E-state index is 12.2. The van der Waals surface area contributed by atoms with Crippen LogP contribution in [-0.4, -0.2) is 42.6 Å². The van der Waals surface area contributed by atoms with Crippen LogP contribution in [0.1, 0.15) is 30.1 Å². The van der Waals surface area contributed by atoms with Crippen molar-refractivity contribution in [1.82, 2.24) is 9.88 Å². The fourth-order valence-corrected chi connectivity index (χ4v) is 2.38. The lowest BCUT2D eigenvalue weighted by atomic mass is 9.82. The van der Waals surface area contributed by atoms with Gasteiger partial charge in [-0.3, -0.25) is 9.78 Å². The molecule has 0 saturated carbocycles. The lowest BCUT2D eigenvalue weighted by Crippen LogP contribution is -2.40. The molecule has 0 aliphatic carbocycles. The highest BCUT2D eigenvalue weighted by Gasteiger charge is 2.30. The van der Waals surface area contributed by atoms with Crippen LogP contribution in [0.25, 0.3) is 0 Å². The van der Waals surface area contributed by atoms with Gasteiger partial charge in [-0.25, -0.2) is 0 Å². The highest BCUT2D eigenvalue weighted by Crippen LogP contribution is 2.30. The zero-order chi connectivity index (χ0) is 13.0. The molecule has 18 heavy (non-hydrogen) atoms. The zero-order valence-corrected chi connectivity index (χ0v) is 11.1. The molecule has 0 N–H and O–H groups in total. The van der Waals surface area contributed by atoms with E-state index >= 15 is 0 Å². The van der Waals surface area contributed by atoms with Gasteiger partial charge in [0.05, 0.1) is 5.56 Å². The SMILES string of the molecule is CN(CC1(C)CCOCC1)C(=O)c1cccnc1. The van der Waals surface area contributed by atoms with Gasteiger partial charge in [0.1, 0.15) is 0 Å². The van der Waals surface area contributed by atoms with Gasteiger partial charge < -0.3 is 9.64 Å². The third kappa shape index (κ3) is 3.07. The molecule has 1 amide bonds. The van der Waals surface area contributed by atoms with Crippen molar-refractivity contribution < 1.29 is 9.53 Å². The topological polar surface area (TPSA) is 42.4 Å². The average molecular weight is 248 g/mol. The summed E-state index contributed by atoms with van der Waals surface area (Å²) in [5.41, 5.74) is 0.820. The standard InChI is InChI=1S/C14H20N2O2/c1-14(5-8-18-9-6-14)11-16(2)13(17)12-4-3-7-15-10-12/h3-4,7,10H,5-6,8-9,11H2,1-2H3. The van der Waals surface area contributed by atoms with E-state index in [2.05, 4.69) is 11.9 Å². The summed E-state index contributed by atoms with van der Waals surface area (Å²) in [6.07, 6.45) is 5.32. The van der Waals surface area contributed by atoms with Crippen LogP contribution >= 0.6 is 0 Å². The predicted molar refractivity (Wildman–Crippen MR) is 69.4 cm³/mol. The van der Waals surface area contributed by atoms with Gasteiger partial charge in [-0.15, -0.1) is 0 Å². The van der Waals surface area contributed by atoms with Crippen LogP contribution in [0.3, 0.4) is 0 Å². The van der Waals surface area contributed by atoms with E-state index in [-0.39, 0.29) is 11.3 Å². The molecule has 0 unspecified atom stereocenters. The summed E-state index contributed by atoms with van der Waals surface area (Å²) < 4.78 is 5.38. The molecule has 1 aromatic rings. The molecule has 1 fully saturated rings. The summed E-state index contributed by atoms with van der Waals surface area (Å²) in [4.78, 5) is 18.0. The number of amides is 1. The summed E-state index contributed by atoms with van der Waals surface area (Å²) >= 11 is 0. The van der Waals surface area contributed by atoms with Crippen molar-refractivity contribution in [2.75, 3.05) is 26.8 Å². The highest BCUT2D eigenvalue weighted by molar-refractivity contribution is 5.93. The summed E-state index contributed by atoms with van der Waals surface area (Å²) in [7, 11) is 1.86. The fourth-order valence-electron chi connectivity index (χ4n) is 2.38. The number of hydrogen-bond donors (Lipinski definition) is 0. The van der Waals surface area contributed by atoms with Crippen molar-refractivity contribution in [1.29, 1.82) is 0 Å². The fraction of sp³-hybridized carbons (Fsp3) is 0.571. The van der Waals surface area contributed by atoms with Gasteiger partial charge in [0, 0.05) is 39.2 Å². The van der Waals surface area contributed by atoms with Gasteiger partial charge in [0.15, 0.2) is 0 Å². The summed E-state index contributed by atoms with van der Waals surface area (Å²) in [6.45, 7) is 4.59. The number of hydrogen-bond acceptors (Lipinski definition) is 3. The Kier molecular flexibility index (Phi) is 3.97. The van der Waals surface area contributed by atoms with E-state index in [1.54, 1.807) is 29.4 Å². The lowest BCUT2D eigenvalue weighted by molar-refractivity contribution is 0.00916. The van der Waals surface area contributed by atoms with Crippen LogP contribution in [-0.2, 0) is 4.74 Å². The van der Waals surface area contributed by atoms with Crippen molar-refractivity contribution in [3.05, 3.63) is 30.1 Å². The second kappa shape index (κ2) is 5.48. The Hall–Kier alpha value is -1.42. The molecule has 98 valence electrons. The van der Waals surface area contributed by atoms with E-state index in [0.717, 1.165) is 32.6 Å². The normalized spacial score (nSPS) is 18.3. The van der Waals surface area contributed by atoms with Gasteiger partial charge in [0.2, 0.25) is 0 Å². The Morgan fingerprint density at radius 1 is 1.50 bits per heavy atom. The first-order valence-electron chi connectivity index (χ1n) is 6.34. The van der Waals surface area contributed by atoms with Crippen LogP contribution in [0.5, 0.6) is 0 Å². The van der Waals surface area contributed by atoms with Crippen LogP contribution in [0.15, 0.2) is 24.5 Å². The molecular weight excluding hydrogens is 228 g/mol. The molecule has 1 aromatic heterocycles. The number of carbonyl (C=O) groups is 1. The summed E-state index contributed by atoms with van der Waals surface area (Å²) in [5, 5.41) is 0. The Balaban J connectivity index is 1.99. The Labute approximate surface area is 108 Å². The van der Waals surface area contributed by atoms with E-state index < -0.39 is 0 Å². The minimum atomic E-state index is 0.0378. The van der Waals surface area contributed by atoms with Crippen molar-refractivity contribution in [3.63, 3.8) is 0 Å². The van der Waals surface area contributed by atoms with E-state index in [4.69, 9.17) is 4.74 Å². The molecule has 0 atom stereocenters. The first kappa shape index (κ1) is 13.0.